The highest BCUT2D eigenvalue weighted by Crippen LogP contribution is 2.41. The first kappa shape index (κ1) is 25.8. The molecule has 0 aliphatic rings. The zero-order valence-corrected chi connectivity index (χ0v) is 21.6. The highest BCUT2D eigenvalue weighted by Gasteiger charge is 2.31. The maximum atomic E-state index is 10.3. The molecule has 3 heteroatoms. The van der Waals surface area contributed by atoms with Crippen LogP contribution < -0.4 is 9.47 Å². The second-order valence-electron chi connectivity index (χ2n) is 10.3. The molecule has 0 aliphatic heterocycles. The molecule has 182 valence electrons. The first-order chi connectivity index (χ1) is 16.2. The third-order valence-corrected chi connectivity index (χ3v) is 6.99. The van der Waals surface area contributed by atoms with Crippen molar-refractivity contribution in [2.75, 3.05) is 6.61 Å². The van der Waals surface area contributed by atoms with Gasteiger partial charge in [0.05, 0.1) is 6.10 Å². The summed E-state index contributed by atoms with van der Waals surface area (Å²) in [4.78, 5) is 0. The number of aliphatic hydroxyl groups is 1. The molecule has 0 saturated heterocycles. The summed E-state index contributed by atoms with van der Waals surface area (Å²) in [5, 5.41) is 10.3. The molecule has 1 atom stereocenters. The average Bonchev–Trinajstić information content (AvgIpc) is 2.84. The van der Waals surface area contributed by atoms with Crippen LogP contribution in [0.4, 0.5) is 0 Å². The third kappa shape index (κ3) is 6.01. The predicted octanol–water partition coefficient (Wildman–Crippen LogP) is 7.47. The van der Waals surface area contributed by atoms with Crippen LogP contribution in [0.15, 0.2) is 72.8 Å². The highest BCUT2D eigenvalue weighted by atomic mass is 16.5. The topological polar surface area (TPSA) is 38.7 Å². The van der Waals surface area contributed by atoms with E-state index in [0.29, 0.717) is 13.2 Å². The first-order valence-electron chi connectivity index (χ1n) is 12.4. The van der Waals surface area contributed by atoms with Crippen LogP contribution in [0.25, 0.3) is 0 Å². The molecule has 1 N–H and O–H groups in total. The fraction of sp³-hybridized carbons (Fsp3) is 0.419. The highest BCUT2D eigenvalue weighted by molar-refractivity contribution is 5.46. The molecule has 0 aromatic heterocycles. The summed E-state index contributed by atoms with van der Waals surface area (Å²) in [6.07, 6.45) is 1.48. The van der Waals surface area contributed by atoms with Gasteiger partial charge in [0.25, 0.3) is 0 Å². The van der Waals surface area contributed by atoms with Gasteiger partial charge in [-0.1, -0.05) is 89.2 Å². The summed E-state index contributed by atoms with van der Waals surface area (Å²) in [7, 11) is 0. The number of ether oxygens (including phenoxy) is 2. The fourth-order valence-corrected chi connectivity index (χ4v) is 4.37. The molecule has 0 fully saturated rings. The standard InChI is InChI=1S/C31H40O3/c1-7-31(8-2,25-14-17-27(18-15-25)33-21-24-12-10-9-11-13-24)26-16-19-28(23(3)20-26)34-22-29(32)30(4,5)6/h9-20,29,32H,7-8,21-22H2,1-6H3. The van der Waals surface area contributed by atoms with Crippen molar-refractivity contribution in [1.29, 1.82) is 0 Å². The van der Waals surface area contributed by atoms with E-state index in [1.54, 1.807) is 0 Å². The summed E-state index contributed by atoms with van der Waals surface area (Å²) in [5.41, 5.74) is 4.55. The van der Waals surface area contributed by atoms with E-state index in [0.717, 1.165) is 35.5 Å². The molecular weight excluding hydrogens is 420 g/mol. The van der Waals surface area contributed by atoms with Crippen LogP contribution >= 0.6 is 0 Å². The summed E-state index contributed by atoms with van der Waals surface area (Å²) >= 11 is 0. The van der Waals surface area contributed by atoms with Gasteiger partial charge in [0.15, 0.2) is 0 Å². The molecule has 0 heterocycles. The fourth-order valence-electron chi connectivity index (χ4n) is 4.37. The van der Waals surface area contributed by atoms with Gasteiger partial charge in [0.1, 0.15) is 24.7 Å². The summed E-state index contributed by atoms with van der Waals surface area (Å²) in [6.45, 7) is 13.5. The molecule has 3 aromatic rings. The van der Waals surface area contributed by atoms with Crippen LogP contribution in [0.2, 0.25) is 0 Å². The Balaban J connectivity index is 1.78. The van der Waals surface area contributed by atoms with Crippen molar-refractivity contribution < 1.29 is 14.6 Å². The largest absolute Gasteiger partial charge is 0.491 e. The van der Waals surface area contributed by atoms with Gasteiger partial charge in [-0.2, -0.15) is 0 Å². The van der Waals surface area contributed by atoms with Crippen molar-refractivity contribution in [3.63, 3.8) is 0 Å². The van der Waals surface area contributed by atoms with Gasteiger partial charge >= 0.3 is 0 Å². The van der Waals surface area contributed by atoms with Gasteiger partial charge in [-0.15, -0.1) is 0 Å². The number of hydrogen-bond acceptors (Lipinski definition) is 3. The normalized spacial score (nSPS) is 12.9. The molecule has 3 rings (SSSR count). The quantitative estimate of drug-likeness (QED) is 0.341. The van der Waals surface area contributed by atoms with Crippen LogP contribution in [-0.2, 0) is 12.0 Å². The van der Waals surface area contributed by atoms with Gasteiger partial charge < -0.3 is 14.6 Å². The Hall–Kier alpha value is -2.78. The lowest BCUT2D eigenvalue weighted by molar-refractivity contribution is 0.0216. The van der Waals surface area contributed by atoms with E-state index < -0.39 is 6.10 Å². The molecule has 0 aliphatic carbocycles. The van der Waals surface area contributed by atoms with E-state index in [-0.39, 0.29) is 10.8 Å². The van der Waals surface area contributed by atoms with Gasteiger partial charge in [-0.05, 0) is 65.6 Å². The Kier molecular flexibility index (Phi) is 8.43. The van der Waals surface area contributed by atoms with Crippen molar-refractivity contribution >= 4 is 0 Å². The average molecular weight is 461 g/mol. The molecule has 3 aromatic carbocycles. The number of aryl methyl sites for hydroxylation is 1. The molecule has 0 amide bonds. The second kappa shape index (κ2) is 11.1. The van der Waals surface area contributed by atoms with Crippen LogP contribution in [0, 0.1) is 12.3 Å². The minimum absolute atomic E-state index is 0.0772. The molecule has 34 heavy (non-hydrogen) atoms. The molecule has 0 radical (unpaired) electrons. The van der Waals surface area contributed by atoms with E-state index in [9.17, 15) is 5.11 Å². The van der Waals surface area contributed by atoms with E-state index in [1.807, 2.05) is 39.0 Å². The number of hydrogen-bond donors (Lipinski definition) is 1. The lowest BCUT2D eigenvalue weighted by Crippen LogP contribution is -2.32. The van der Waals surface area contributed by atoms with Crippen molar-refractivity contribution in [3.8, 4) is 11.5 Å². The number of benzene rings is 3. The lowest BCUT2D eigenvalue weighted by Gasteiger charge is -2.34. The summed E-state index contributed by atoms with van der Waals surface area (Å²) < 4.78 is 12.0. The minimum atomic E-state index is -0.514. The predicted molar refractivity (Wildman–Crippen MR) is 141 cm³/mol. The van der Waals surface area contributed by atoms with Crippen molar-refractivity contribution in [1.82, 2.24) is 0 Å². The van der Waals surface area contributed by atoms with Gasteiger partial charge in [0.2, 0.25) is 0 Å². The van der Waals surface area contributed by atoms with E-state index >= 15 is 0 Å². The van der Waals surface area contributed by atoms with Crippen LogP contribution in [-0.4, -0.2) is 17.8 Å². The van der Waals surface area contributed by atoms with Crippen LogP contribution in [0.1, 0.15) is 69.7 Å². The molecule has 1 unspecified atom stereocenters. The molecule has 0 spiro atoms. The van der Waals surface area contributed by atoms with Gasteiger partial charge in [-0.25, -0.2) is 0 Å². The Morgan fingerprint density at radius 1 is 0.794 bits per heavy atom. The number of aliphatic hydroxyl groups excluding tert-OH is 1. The van der Waals surface area contributed by atoms with E-state index in [1.165, 1.54) is 11.1 Å². The van der Waals surface area contributed by atoms with Crippen molar-refractivity contribution in [2.45, 2.75) is 72.5 Å². The van der Waals surface area contributed by atoms with Crippen LogP contribution in [0.5, 0.6) is 11.5 Å². The third-order valence-electron chi connectivity index (χ3n) is 6.99. The first-order valence-corrected chi connectivity index (χ1v) is 12.4. The Bertz CT molecular complexity index is 1030. The van der Waals surface area contributed by atoms with E-state index in [2.05, 4.69) is 75.4 Å². The number of rotatable bonds is 10. The maximum absolute atomic E-state index is 10.3. The minimum Gasteiger partial charge on any atom is -0.491 e. The van der Waals surface area contributed by atoms with Crippen LogP contribution in [0.3, 0.4) is 0 Å². The molecule has 0 saturated carbocycles. The SMILES string of the molecule is CCC(CC)(c1ccc(OCc2ccccc2)cc1)c1ccc(OCC(O)C(C)(C)C)c(C)c1. The van der Waals surface area contributed by atoms with Crippen molar-refractivity contribution in [2.24, 2.45) is 5.41 Å². The molecular formula is C31H40O3. The van der Waals surface area contributed by atoms with E-state index in [4.69, 9.17) is 9.47 Å². The molecule has 3 nitrogen and oxygen atoms in total. The summed E-state index contributed by atoms with van der Waals surface area (Å²) in [5.74, 6) is 1.71. The Labute approximate surface area is 205 Å². The Morgan fingerprint density at radius 3 is 1.97 bits per heavy atom. The summed E-state index contributed by atoms with van der Waals surface area (Å²) in [6, 6.07) is 25.3. The smallest absolute Gasteiger partial charge is 0.122 e. The molecule has 0 bridgehead atoms. The zero-order chi connectivity index (χ0) is 24.8. The second-order valence-corrected chi connectivity index (χ2v) is 10.3. The van der Waals surface area contributed by atoms with Crippen molar-refractivity contribution in [3.05, 3.63) is 95.1 Å². The monoisotopic (exact) mass is 460 g/mol. The lowest BCUT2D eigenvalue weighted by atomic mass is 9.70. The maximum Gasteiger partial charge on any atom is 0.122 e. The Morgan fingerprint density at radius 2 is 1.41 bits per heavy atom. The zero-order valence-electron chi connectivity index (χ0n) is 21.6. The van der Waals surface area contributed by atoms with Gasteiger partial charge in [-0.3, -0.25) is 0 Å². The van der Waals surface area contributed by atoms with Gasteiger partial charge in [0, 0.05) is 5.41 Å².